The molecule has 4 aromatic carbocycles. The predicted octanol–water partition coefficient (Wildman–Crippen LogP) is 4.07. The van der Waals surface area contributed by atoms with Gasteiger partial charge in [0.2, 0.25) is 0 Å². The molecule has 0 radical (unpaired) electrons. The van der Waals surface area contributed by atoms with Crippen molar-refractivity contribution < 1.29 is 0 Å². The van der Waals surface area contributed by atoms with E-state index in [1.807, 2.05) is 48.5 Å². The van der Waals surface area contributed by atoms with Crippen molar-refractivity contribution in [2.24, 2.45) is 0 Å². The van der Waals surface area contributed by atoms with Gasteiger partial charge in [-0.2, -0.15) is 10.5 Å². The molecule has 0 aliphatic carbocycles. The van der Waals surface area contributed by atoms with Gasteiger partial charge in [0.15, 0.2) is 8.07 Å². The largest absolute Gasteiger partial charge is 0.192 e. The van der Waals surface area contributed by atoms with E-state index >= 15 is 0 Å². The van der Waals surface area contributed by atoms with Crippen LogP contribution in [0.3, 0.4) is 0 Å². The average molecular weight is 451 g/mol. The van der Waals surface area contributed by atoms with Crippen LogP contribution >= 0.6 is 23.2 Å². The van der Waals surface area contributed by atoms with Gasteiger partial charge in [-0.15, -0.1) is 0 Å². The fraction of sp³-hybridized carbons (Fsp3) is 0. The second-order valence-electron chi connectivity index (χ2n) is 7.87. The lowest BCUT2D eigenvalue weighted by atomic mass is 10.0. The van der Waals surface area contributed by atoms with Crippen LogP contribution in [0.2, 0.25) is 10.0 Å². The number of nitrogens with zero attached hydrogens (tertiary/aromatic N) is 2. The minimum Gasteiger partial charge on any atom is -0.192 e. The Morgan fingerprint density at radius 3 is 1.26 bits per heavy atom. The fourth-order valence-electron chi connectivity index (χ4n) is 5.31. The van der Waals surface area contributed by atoms with E-state index in [1.165, 1.54) is 10.4 Å². The molecular weight excluding hydrogens is 439 g/mol. The summed E-state index contributed by atoms with van der Waals surface area (Å²) in [5.74, 6) is 0. The molecule has 0 amide bonds. The van der Waals surface area contributed by atoms with Crippen LogP contribution in [0, 0.1) is 22.7 Å². The molecule has 2 aliphatic rings. The van der Waals surface area contributed by atoms with E-state index < -0.39 is 8.07 Å². The summed E-state index contributed by atoms with van der Waals surface area (Å²) in [6.45, 7) is 0. The maximum atomic E-state index is 9.66. The lowest BCUT2D eigenvalue weighted by molar-refractivity contribution is 1.49. The topological polar surface area (TPSA) is 47.6 Å². The first-order valence-corrected chi connectivity index (χ1v) is 12.5. The number of benzene rings is 4. The van der Waals surface area contributed by atoms with Crippen LogP contribution in [0.15, 0.2) is 72.8 Å². The summed E-state index contributed by atoms with van der Waals surface area (Å²) in [5.41, 5.74) is 5.77. The summed E-state index contributed by atoms with van der Waals surface area (Å²) >= 11 is 13.0. The van der Waals surface area contributed by atoms with E-state index in [2.05, 4.69) is 36.4 Å². The Bertz CT molecular complexity index is 1430. The first-order chi connectivity index (χ1) is 15.1. The Kier molecular flexibility index (Phi) is 3.76. The van der Waals surface area contributed by atoms with Gasteiger partial charge in [0.25, 0.3) is 0 Å². The van der Waals surface area contributed by atoms with Gasteiger partial charge in [-0.1, -0.05) is 47.5 Å². The van der Waals surface area contributed by atoms with Crippen LogP contribution in [0.4, 0.5) is 0 Å². The van der Waals surface area contributed by atoms with Crippen molar-refractivity contribution in [3.05, 3.63) is 94.0 Å². The van der Waals surface area contributed by atoms with Crippen molar-refractivity contribution in [3.8, 4) is 34.4 Å². The van der Waals surface area contributed by atoms with Gasteiger partial charge >= 0.3 is 0 Å². The fourth-order valence-corrected chi connectivity index (χ4v) is 11.6. The molecule has 5 heteroatoms. The molecule has 2 nitrogen and oxygen atoms in total. The summed E-state index contributed by atoms with van der Waals surface area (Å²) in [4.78, 5) is 0. The Morgan fingerprint density at radius 1 is 0.516 bits per heavy atom. The Labute approximate surface area is 190 Å². The quantitative estimate of drug-likeness (QED) is 0.327. The molecular formula is C26H12Cl2N2Si. The molecule has 31 heavy (non-hydrogen) atoms. The first-order valence-electron chi connectivity index (χ1n) is 9.78. The van der Waals surface area contributed by atoms with E-state index in [9.17, 15) is 10.5 Å². The van der Waals surface area contributed by atoms with E-state index in [4.69, 9.17) is 23.2 Å². The Morgan fingerprint density at radius 2 is 0.871 bits per heavy atom. The summed E-state index contributed by atoms with van der Waals surface area (Å²) < 4.78 is 0. The molecule has 0 N–H and O–H groups in total. The number of nitriles is 2. The highest BCUT2D eigenvalue weighted by molar-refractivity contribution is 7.24. The molecule has 0 fully saturated rings. The number of hydrogen-bond donors (Lipinski definition) is 0. The van der Waals surface area contributed by atoms with Crippen LogP contribution in [-0.2, 0) is 0 Å². The van der Waals surface area contributed by atoms with Crippen LogP contribution in [-0.4, -0.2) is 8.07 Å². The van der Waals surface area contributed by atoms with Crippen LogP contribution < -0.4 is 20.7 Å². The molecule has 0 saturated carbocycles. The zero-order valence-electron chi connectivity index (χ0n) is 16.1. The number of rotatable bonds is 0. The van der Waals surface area contributed by atoms with Crippen molar-refractivity contribution in [1.82, 2.24) is 0 Å². The highest BCUT2D eigenvalue weighted by Crippen LogP contribution is 2.37. The number of fused-ring (bicyclic) bond motifs is 10. The monoisotopic (exact) mass is 450 g/mol. The van der Waals surface area contributed by atoms with Crippen molar-refractivity contribution in [3.63, 3.8) is 0 Å². The maximum Gasteiger partial charge on any atom is 0.182 e. The van der Waals surface area contributed by atoms with E-state index in [0.717, 1.165) is 32.6 Å². The van der Waals surface area contributed by atoms with Gasteiger partial charge < -0.3 is 0 Å². The summed E-state index contributed by atoms with van der Waals surface area (Å²) in [5, 5.41) is 25.3. The molecule has 0 unspecified atom stereocenters. The van der Waals surface area contributed by atoms with Crippen LogP contribution in [0.25, 0.3) is 22.3 Å². The molecule has 1 spiro atoms. The summed E-state index contributed by atoms with van der Waals surface area (Å²) in [7, 11) is -2.78. The molecule has 0 atom stereocenters. The second-order valence-corrected chi connectivity index (χ2v) is 12.4. The SMILES string of the molecule is N#Cc1ccc2c(c1)[Si]1(c3cc(Cl)ccc3-c3ccc(Cl)cc31)c1cc(C#N)ccc1-2. The first kappa shape index (κ1) is 18.4. The van der Waals surface area contributed by atoms with Crippen molar-refractivity contribution in [2.45, 2.75) is 0 Å². The zero-order valence-corrected chi connectivity index (χ0v) is 18.6. The van der Waals surface area contributed by atoms with Gasteiger partial charge in [0, 0.05) is 10.0 Å². The van der Waals surface area contributed by atoms with Gasteiger partial charge in [-0.3, -0.25) is 0 Å². The van der Waals surface area contributed by atoms with Crippen molar-refractivity contribution in [2.75, 3.05) is 0 Å². The smallest absolute Gasteiger partial charge is 0.182 e. The normalized spacial score (nSPS) is 13.7. The summed E-state index contributed by atoms with van der Waals surface area (Å²) in [6, 6.07) is 28.6. The van der Waals surface area contributed by atoms with Crippen LogP contribution in [0.5, 0.6) is 0 Å². The van der Waals surface area contributed by atoms with E-state index in [-0.39, 0.29) is 0 Å². The highest BCUT2D eigenvalue weighted by atomic mass is 35.5. The zero-order chi connectivity index (χ0) is 21.3. The lowest BCUT2D eigenvalue weighted by Gasteiger charge is -2.28. The number of halogens is 2. The predicted molar refractivity (Wildman–Crippen MR) is 127 cm³/mol. The molecule has 0 saturated heterocycles. The molecule has 0 aromatic heterocycles. The highest BCUT2D eigenvalue weighted by Gasteiger charge is 2.54. The standard InChI is InChI=1S/C26H12Cl2N2Si/c27-17-3-7-21-22-8-4-18(28)12-26(22)31(25(21)11-17)23-9-15(13-29)1-5-19(23)20-6-2-16(14-30)10-24(20)31/h1-12H. The molecule has 4 aromatic rings. The Hall–Kier alpha value is -3.34. The van der Waals surface area contributed by atoms with Gasteiger partial charge in [0.1, 0.15) is 0 Å². The Balaban J connectivity index is 1.88. The van der Waals surface area contributed by atoms with E-state index in [1.54, 1.807) is 0 Å². The maximum absolute atomic E-state index is 9.66. The minimum atomic E-state index is -2.78. The van der Waals surface area contributed by atoms with Crippen molar-refractivity contribution >= 4 is 52.0 Å². The molecule has 144 valence electrons. The van der Waals surface area contributed by atoms with Gasteiger partial charge in [0.05, 0.1) is 23.3 Å². The summed E-state index contributed by atoms with van der Waals surface area (Å²) in [6.07, 6.45) is 0. The molecule has 2 aliphatic heterocycles. The third kappa shape index (κ3) is 2.26. The van der Waals surface area contributed by atoms with Crippen LogP contribution in [0.1, 0.15) is 11.1 Å². The molecule has 6 rings (SSSR count). The molecule has 2 heterocycles. The second kappa shape index (κ2) is 6.33. The van der Waals surface area contributed by atoms with E-state index in [0.29, 0.717) is 21.2 Å². The average Bonchev–Trinajstić information content (AvgIpc) is 3.24. The molecule has 0 bridgehead atoms. The van der Waals surface area contributed by atoms with Gasteiger partial charge in [-0.25, -0.2) is 0 Å². The van der Waals surface area contributed by atoms with Crippen molar-refractivity contribution in [1.29, 1.82) is 10.5 Å². The lowest BCUT2D eigenvalue weighted by Crippen LogP contribution is -2.70. The third-order valence-electron chi connectivity index (χ3n) is 6.46. The van der Waals surface area contributed by atoms with Gasteiger partial charge in [-0.05, 0) is 91.5 Å². The minimum absolute atomic E-state index is 0.623. The number of hydrogen-bond acceptors (Lipinski definition) is 2. The third-order valence-corrected chi connectivity index (χ3v) is 11.8.